The minimum atomic E-state index is -0.534. The van der Waals surface area contributed by atoms with Gasteiger partial charge in [0.15, 0.2) is 0 Å². The van der Waals surface area contributed by atoms with Crippen LogP contribution < -0.4 is 33.4 Å². The SMILES string of the molecule is C.CCCCCCCCCCCC(=O)N(CCCCN(CCCNC(=O)[C@@H](N)CCCCN)C(=O)CCCCCCCCCCC)CCCNN[C@@H](C=O)CCCCN. The van der Waals surface area contributed by atoms with Gasteiger partial charge in [-0.15, -0.1) is 0 Å². The Hall–Kier alpha value is -2.12. The molecular weight excluding hydrogens is 741 g/mol. The number of carbonyl (C=O) groups excluding carboxylic acids is 4. The molecule has 0 saturated heterocycles. The van der Waals surface area contributed by atoms with E-state index in [0.717, 1.165) is 83.3 Å². The lowest BCUT2D eigenvalue weighted by Gasteiger charge is -2.26. The molecule has 0 bridgehead atoms. The zero-order valence-electron chi connectivity index (χ0n) is 37.9. The van der Waals surface area contributed by atoms with Gasteiger partial charge >= 0.3 is 0 Å². The number of rotatable bonds is 45. The molecule has 0 spiro atoms. The Morgan fingerprint density at radius 1 is 0.525 bits per heavy atom. The second kappa shape index (κ2) is 45.4. The number of hydrogen-bond donors (Lipinski definition) is 6. The van der Waals surface area contributed by atoms with E-state index in [1.54, 1.807) is 0 Å². The zero-order valence-corrected chi connectivity index (χ0v) is 37.9. The summed E-state index contributed by atoms with van der Waals surface area (Å²) >= 11 is 0. The Bertz CT molecular complexity index is 959. The van der Waals surface area contributed by atoms with Gasteiger partial charge in [-0.2, -0.15) is 0 Å². The van der Waals surface area contributed by atoms with Crippen LogP contribution in [0.5, 0.6) is 0 Å². The van der Waals surface area contributed by atoms with E-state index >= 15 is 0 Å². The van der Waals surface area contributed by atoms with Crippen LogP contribution in [0.1, 0.15) is 214 Å². The summed E-state index contributed by atoms with van der Waals surface area (Å²) in [5, 5.41) is 2.96. The molecule has 0 rings (SSSR count). The number of unbranched alkanes of at least 4 members (excludes halogenated alkanes) is 19. The van der Waals surface area contributed by atoms with Gasteiger partial charge < -0.3 is 37.1 Å². The number of hydrogen-bond acceptors (Lipinski definition) is 9. The van der Waals surface area contributed by atoms with Crippen LogP contribution in [0.4, 0.5) is 0 Å². The molecule has 0 aliphatic carbocycles. The highest BCUT2D eigenvalue weighted by atomic mass is 16.2. The van der Waals surface area contributed by atoms with E-state index < -0.39 is 6.04 Å². The number of aldehydes is 1. The molecule has 0 aromatic heterocycles. The molecule has 9 N–H and O–H groups in total. The average molecular weight is 839 g/mol. The Morgan fingerprint density at radius 2 is 0.932 bits per heavy atom. The molecule has 0 unspecified atom stereocenters. The molecule has 0 aromatic rings. The quantitative estimate of drug-likeness (QED) is 0.0200. The van der Waals surface area contributed by atoms with Crippen LogP contribution in [0.15, 0.2) is 0 Å². The van der Waals surface area contributed by atoms with Crippen LogP contribution in [0.3, 0.4) is 0 Å². The molecule has 3 amide bonds. The summed E-state index contributed by atoms with van der Waals surface area (Å²) < 4.78 is 0. The Morgan fingerprint density at radius 3 is 1.37 bits per heavy atom. The number of nitrogens with one attached hydrogen (secondary N) is 3. The number of hydrazine groups is 1. The van der Waals surface area contributed by atoms with E-state index in [4.69, 9.17) is 17.2 Å². The van der Waals surface area contributed by atoms with Crippen LogP contribution in [-0.4, -0.2) is 98.2 Å². The number of nitrogens with zero attached hydrogens (tertiary/aromatic N) is 2. The highest BCUT2D eigenvalue weighted by Gasteiger charge is 2.17. The summed E-state index contributed by atoms with van der Waals surface area (Å²) in [6.45, 7) is 9.40. The average Bonchev–Trinajstić information content (AvgIpc) is 3.22. The molecule has 350 valence electrons. The summed E-state index contributed by atoms with van der Waals surface area (Å²) in [5.41, 5.74) is 23.6. The maximum Gasteiger partial charge on any atom is 0.236 e. The molecule has 0 saturated carbocycles. The molecule has 12 nitrogen and oxygen atoms in total. The smallest absolute Gasteiger partial charge is 0.236 e. The minimum absolute atomic E-state index is 0. The van der Waals surface area contributed by atoms with Gasteiger partial charge in [0.05, 0.1) is 12.1 Å². The van der Waals surface area contributed by atoms with Crippen molar-refractivity contribution in [1.82, 2.24) is 26.0 Å². The Kier molecular flexibility index (Phi) is 45.4. The molecule has 0 fully saturated rings. The molecule has 59 heavy (non-hydrogen) atoms. The van der Waals surface area contributed by atoms with Gasteiger partial charge in [0.25, 0.3) is 0 Å². The lowest BCUT2D eigenvalue weighted by atomic mass is 10.1. The van der Waals surface area contributed by atoms with Gasteiger partial charge in [-0.1, -0.05) is 137 Å². The maximum atomic E-state index is 13.5. The first-order valence-corrected chi connectivity index (χ1v) is 24.3. The summed E-state index contributed by atoms with van der Waals surface area (Å²) in [4.78, 5) is 54.9. The normalized spacial score (nSPS) is 12.2. The molecule has 0 aliphatic rings. The first kappa shape index (κ1) is 59.0. The Balaban J connectivity index is 0. The molecule has 0 aromatic carbocycles. The van der Waals surface area contributed by atoms with Crippen molar-refractivity contribution < 1.29 is 19.2 Å². The van der Waals surface area contributed by atoms with E-state index in [1.807, 2.05) is 9.80 Å². The summed E-state index contributed by atoms with van der Waals surface area (Å²) in [6.07, 6.45) is 31.9. The van der Waals surface area contributed by atoms with Crippen molar-refractivity contribution >= 4 is 24.0 Å². The number of carbonyl (C=O) groups is 4. The Labute approximate surface area is 363 Å². The number of amides is 3. The topological polar surface area (TPSA) is 189 Å². The highest BCUT2D eigenvalue weighted by Crippen LogP contribution is 2.14. The fourth-order valence-electron chi connectivity index (χ4n) is 7.31. The van der Waals surface area contributed by atoms with Crippen molar-refractivity contribution in [3.05, 3.63) is 0 Å². The van der Waals surface area contributed by atoms with E-state index in [1.165, 1.54) is 89.9 Å². The second-order valence-electron chi connectivity index (χ2n) is 16.6. The van der Waals surface area contributed by atoms with Gasteiger partial charge in [-0.25, -0.2) is 5.43 Å². The predicted molar refractivity (Wildman–Crippen MR) is 250 cm³/mol. The summed E-state index contributed by atoms with van der Waals surface area (Å²) in [6, 6.07) is -0.782. The molecule has 0 aliphatic heterocycles. The van der Waals surface area contributed by atoms with Crippen LogP contribution in [0, 0.1) is 0 Å². The lowest BCUT2D eigenvalue weighted by Crippen LogP contribution is -2.43. The van der Waals surface area contributed by atoms with Crippen molar-refractivity contribution in [2.24, 2.45) is 17.2 Å². The first-order valence-electron chi connectivity index (χ1n) is 24.3. The third-order valence-corrected chi connectivity index (χ3v) is 11.2. The van der Waals surface area contributed by atoms with Gasteiger partial charge in [-0.05, 0) is 77.3 Å². The molecule has 0 radical (unpaired) electrons. The fraction of sp³-hybridized carbons (Fsp3) is 0.915. The fourth-order valence-corrected chi connectivity index (χ4v) is 7.31. The molecule has 2 atom stereocenters. The van der Waals surface area contributed by atoms with E-state index in [2.05, 4.69) is 30.0 Å². The van der Waals surface area contributed by atoms with Crippen molar-refractivity contribution in [3.8, 4) is 0 Å². The van der Waals surface area contributed by atoms with Gasteiger partial charge in [0.1, 0.15) is 6.29 Å². The van der Waals surface area contributed by atoms with E-state index in [0.29, 0.717) is 78.0 Å². The van der Waals surface area contributed by atoms with Crippen LogP contribution in [0.2, 0.25) is 0 Å². The molecule has 12 heteroatoms. The van der Waals surface area contributed by atoms with E-state index in [9.17, 15) is 19.2 Å². The summed E-state index contributed by atoms with van der Waals surface area (Å²) in [7, 11) is 0. The van der Waals surface area contributed by atoms with Crippen LogP contribution >= 0.6 is 0 Å². The van der Waals surface area contributed by atoms with Crippen LogP contribution in [-0.2, 0) is 19.2 Å². The molecule has 0 heterocycles. The maximum absolute atomic E-state index is 13.5. The van der Waals surface area contributed by atoms with Gasteiger partial charge in [0.2, 0.25) is 17.7 Å². The summed E-state index contributed by atoms with van der Waals surface area (Å²) in [5.74, 6) is 0.244. The number of nitrogens with two attached hydrogens (primary N) is 3. The third-order valence-electron chi connectivity index (χ3n) is 11.2. The monoisotopic (exact) mass is 839 g/mol. The minimum Gasteiger partial charge on any atom is -0.355 e. The zero-order chi connectivity index (χ0) is 42.7. The molecular formula is C47H98N8O4. The van der Waals surface area contributed by atoms with Crippen molar-refractivity contribution in [1.29, 1.82) is 0 Å². The second-order valence-corrected chi connectivity index (χ2v) is 16.6. The van der Waals surface area contributed by atoms with E-state index in [-0.39, 0.29) is 31.2 Å². The highest BCUT2D eigenvalue weighted by molar-refractivity contribution is 5.81. The predicted octanol–water partition coefficient (Wildman–Crippen LogP) is 8.05. The standard InChI is InChI=1S/C46H94N8O4.CH4/c1-3-5-7-9-11-13-15-17-19-31-44(56)53(39-27-35-50-46(58)43(49)30-22-24-34-48)37-25-26-38-54(40-28-36-51-52-42(41-55)29-21-23-33-47)45(57)32-20-18-16-14-12-10-8-6-4-2;/h41-43,51-52H,3-40,47-49H2,1-2H3,(H,50,58);1H4/t42-,43+;/m1./s1. The van der Waals surface area contributed by atoms with Gasteiger partial charge in [-0.3, -0.25) is 19.8 Å². The van der Waals surface area contributed by atoms with Crippen LogP contribution in [0.25, 0.3) is 0 Å². The lowest BCUT2D eigenvalue weighted by molar-refractivity contribution is -0.133. The third kappa shape index (κ3) is 37.4. The van der Waals surface area contributed by atoms with Crippen molar-refractivity contribution in [3.63, 3.8) is 0 Å². The van der Waals surface area contributed by atoms with Gasteiger partial charge in [0, 0.05) is 52.1 Å². The largest absolute Gasteiger partial charge is 0.355 e. The first-order chi connectivity index (χ1) is 28.3. The van der Waals surface area contributed by atoms with Crippen molar-refractivity contribution in [2.75, 3.05) is 52.4 Å². The van der Waals surface area contributed by atoms with Crippen molar-refractivity contribution in [2.45, 2.75) is 226 Å².